The number of hydrogen-bond acceptors (Lipinski definition) is 5. The zero-order valence-electron chi connectivity index (χ0n) is 12.9. The maximum atomic E-state index is 5.58. The highest BCUT2D eigenvalue weighted by atomic mass is 16.4. The zero-order valence-corrected chi connectivity index (χ0v) is 12.9. The minimum absolute atomic E-state index is 0.226. The third-order valence-corrected chi connectivity index (χ3v) is 4.95. The van der Waals surface area contributed by atoms with E-state index in [9.17, 15) is 0 Å². The monoisotopic (exact) mass is 278 g/mol. The molecule has 2 atom stereocenters. The van der Waals surface area contributed by atoms with Gasteiger partial charge in [-0.2, -0.15) is 0 Å². The molecule has 1 aromatic rings. The second-order valence-electron chi connectivity index (χ2n) is 6.36. The van der Waals surface area contributed by atoms with Crippen LogP contribution < -0.4 is 0 Å². The van der Waals surface area contributed by atoms with Crippen molar-refractivity contribution in [2.75, 3.05) is 19.6 Å². The lowest BCUT2D eigenvalue weighted by atomic mass is 10.1. The molecule has 0 N–H and O–H groups in total. The molecule has 1 saturated carbocycles. The van der Waals surface area contributed by atoms with Gasteiger partial charge >= 0.3 is 0 Å². The molecule has 2 unspecified atom stereocenters. The van der Waals surface area contributed by atoms with Crippen molar-refractivity contribution < 1.29 is 4.42 Å². The third kappa shape index (κ3) is 2.74. The number of rotatable bonds is 3. The van der Waals surface area contributed by atoms with Gasteiger partial charge in [0.2, 0.25) is 11.8 Å². The van der Waals surface area contributed by atoms with E-state index in [0.717, 1.165) is 25.0 Å². The average Bonchev–Trinajstić information content (AvgIpc) is 3.09. The molecule has 0 radical (unpaired) electrons. The molecule has 112 valence electrons. The molecule has 1 aliphatic carbocycles. The molecular weight excluding hydrogens is 252 g/mol. The van der Waals surface area contributed by atoms with Crippen LogP contribution >= 0.6 is 0 Å². The zero-order chi connectivity index (χ0) is 14.1. The fraction of sp³-hybridized carbons (Fsp3) is 0.867. The highest BCUT2D eigenvalue weighted by Gasteiger charge is 2.33. The molecule has 0 spiro atoms. The van der Waals surface area contributed by atoms with E-state index in [0.29, 0.717) is 11.9 Å². The second-order valence-corrected chi connectivity index (χ2v) is 6.36. The Morgan fingerprint density at radius 1 is 1.20 bits per heavy atom. The molecule has 1 aromatic heterocycles. The van der Waals surface area contributed by atoms with Gasteiger partial charge < -0.3 is 4.42 Å². The molecule has 3 rings (SSSR count). The standard InChI is InChI=1S/C15H26N4O/c1-11-10-18(12(2)15-17-16-13(3)20-15)8-9-19(11)14-6-4-5-7-14/h11-12,14H,4-10H2,1-3H3. The number of hydrogen-bond donors (Lipinski definition) is 0. The maximum Gasteiger partial charge on any atom is 0.233 e. The van der Waals surface area contributed by atoms with Gasteiger partial charge in [0.25, 0.3) is 0 Å². The van der Waals surface area contributed by atoms with Gasteiger partial charge in [0.1, 0.15) is 0 Å². The highest BCUT2D eigenvalue weighted by molar-refractivity contribution is 4.93. The summed E-state index contributed by atoms with van der Waals surface area (Å²) in [5, 5.41) is 8.12. The Hall–Kier alpha value is -0.940. The van der Waals surface area contributed by atoms with Crippen molar-refractivity contribution >= 4 is 0 Å². The van der Waals surface area contributed by atoms with E-state index in [1.807, 2.05) is 6.92 Å². The van der Waals surface area contributed by atoms with Crippen molar-refractivity contribution in [3.8, 4) is 0 Å². The van der Waals surface area contributed by atoms with Crippen molar-refractivity contribution in [3.63, 3.8) is 0 Å². The Morgan fingerprint density at radius 3 is 2.55 bits per heavy atom. The summed E-state index contributed by atoms with van der Waals surface area (Å²) in [5.41, 5.74) is 0. The van der Waals surface area contributed by atoms with E-state index < -0.39 is 0 Å². The number of piperazine rings is 1. The quantitative estimate of drug-likeness (QED) is 0.849. The largest absolute Gasteiger partial charge is 0.424 e. The van der Waals surface area contributed by atoms with Crippen LogP contribution in [0.15, 0.2) is 4.42 Å². The Kier molecular flexibility index (Phi) is 4.08. The van der Waals surface area contributed by atoms with Gasteiger partial charge in [0.05, 0.1) is 6.04 Å². The van der Waals surface area contributed by atoms with Crippen LogP contribution in [0.4, 0.5) is 0 Å². The minimum atomic E-state index is 0.226. The smallest absolute Gasteiger partial charge is 0.233 e. The first-order chi connectivity index (χ1) is 9.65. The first kappa shape index (κ1) is 14.0. The van der Waals surface area contributed by atoms with Crippen LogP contribution in [-0.4, -0.2) is 51.7 Å². The van der Waals surface area contributed by atoms with E-state index in [1.54, 1.807) is 0 Å². The first-order valence-electron chi connectivity index (χ1n) is 7.95. The van der Waals surface area contributed by atoms with Gasteiger partial charge in [-0.3, -0.25) is 9.80 Å². The van der Waals surface area contributed by atoms with E-state index in [2.05, 4.69) is 33.8 Å². The molecule has 1 aliphatic heterocycles. The van der Waals surface area contributed by atoms with Gasteiger partial charge in [-0.25, -0.2) is 0 Å². The van der Waals surface area contributed by atoms with Crippen molar-refractivity contribution in [1.82, 2.24) is 20.0 Å². The molecule has 20 heavy (non-hydrogen) atoms. The predicted molar refractivity (Wildman–Crippen MR) is 77.4 cm³/mol. The molecule has 0 amide bonds. The van der Waals surface area contributed by atoms with Gasteiger partial charge in [0, 0.05) is 38.6 Å². The van der Waals surface area contributed by atoms with Crippen LogP contribution in [-0.2, 0) is 0 Å². The third-order valence-electron chi connectivity index (χ3n) is 4.95. The Morgan fingerprint density at radius 2 is 1.95 bits per heavy atom. The number of aromatic nitrogens is 2. The topological polar surface area (TPSA) is 45.4 Å². The first-order valence-corrected chi connectivity index (χ1v) is 7.95. The summed E-state index contributed by atoms with van der Waals surface area (Å²) in [7, 11) is 0. The van der Waals surface area contributed by atoms with Gasteiger partial charge in [-0.1, -0.05) is 12.8 Å². The Labute approximate surface area is 121 Å². The fourth-order valence-corrected chi connectivity index (χ4v) is 3.77. The second kappa shape index (κ2) is 5.82. The Bertz CT molecular complexity index is 441. The molecule has 2 heterocycles. The summed E-state index contributed by atoms with van der Waals surface area (Å²) in [6.45, 7) is 9.75. The summed E-state index contributed by atoms with van der Waals surface area (Å²) in [6, 6.07) is 1.68. The normalized spacial score (nSPS) is 28.1. The predicted octanol–water partition coefficient (Wildman–Crippen LogP) is 2.39. The summed E-state index contributed by atoms with van der Waals surface area (Å²) in [6.07, 6.45) is 5.61. The summed E-state index contributed by atoms with van der Waals surface area (Å²) in [5.74, 6) is 1.41. The number of aryl methyl sites for hydroxylation is 1. The van der Waals surface area contributed by atoms with Crippen molar-refractivity contribution in [3.05, 3.63) is 11.8 Å². The molecule has 5 heteroatoms. The number of nitrogens with zero attached hydrogens (tertiary/aromatic N) is 4. The molecule has 0 bridgehead atoms. The van der Waals surface area contributed by atoms with E-state index in [-0.39, 0.29) is 6.04 Å². The SMILES string of the molecule is Cc1nnc(C(C)N2CCN(C3CCCC3)C(C)C2)o1. The fourth-order valence-electron chi connectivity index (χ4n) is 3.77. The van der Waals surface area contributed by atoms with Crippen molar-refractivity contribution in [2.24, 2.45) is 0 Å². The summed E-state index contributed by atoms with van der Waals surface area (Å²) < 4.78 is 5.58. The van der Waals surface area contributed by atoms with E-state index in [4.69, 9.17) is 4.42 Å². The molecule has 5 nitrogen and oxygen atoms in total. The summed E-state index contributed by atoms with van der Waals surface area (Å²) in [4.78, 5) is 5.19. The highest BCUT2D eigenvalue weighted by Crippen LogP contribution is 2.29. The van der Waals surface area contributed by atoms with Gasteiger partial charge in [-0.15, -0.1) is 10.2 Å². The summed E-state index contributed by atoms with van der Waals surface area (Å²) >= 11 is 0. The minimum Gasteiger partial charge on any atom is -0.424 e. The van der Waals surface area contributed by atoms with Crippen LogP contribution in [0.1, 0.15) is 57.4 Å². The molecule has 2 fully saturated rings. The van der Waals surface area contributed by atoms with E-state index >= 15 is 0 Å². The van der Waals surface area contributed by atoms with Crippen LogP contribution in [0.25, 0.3) is 0 Å². The van der Waals surface area contributed by atoms with Crippen LogP contribution in [0.5, 0.6) is 0 Å². The van der Waals surface area contributed by atoms with Crippen LogP contribution in [0, 0.1) is 6.92 Å². The van der Waals surface area contributed by atoms with Crippen LogP contribution in [0.2, 0.25) is 0 Å². The molecular formula is C15H26N4O. The Balaban J connectivity index is 1.61. The lowest BCUT2D eigenvalue weighted by molar-refractivity contribution is 0.0267. The average molecular weight is 278 g/mol. The van der Waals surface area contributed by atoms with Gasteiger partial charge in [0.15, 0.2) is 0 Å². The maximum absolute atomic E-state index is 5.58. The lowest BCUT2D eigenvalue weighted by Crippen LogP contribution is -2.55. The van der Waals surface area contributed by atoms with Crippen LogP contribution in [0.3, 0.4) is 0 Å². The van der Waals surface area contributed by atoms with Gasteiger partial charge in [-0.05, 0) is 26.7 Å². The lowest BCUT2D eigenvalue weighted by Gasteiger charge is -2.44. The molecule has 2 aliphatic rings. The van der Waals surface area contributed by atoms with E-state index in [1.165, 1.54) is 32.2 Å². The van der Waals surface area contributed by atoms with Crippen molar-refractivity contribution in [2.45, 2.75) is 64.6 Å². The molecule has 1 saturated heterocycles. The van der Waals surface area contributed by atoms with Crippen molar-refractivity contribution in [1.29, 1.82) is 0 Å². The molecule has 0 aromatic carbocycles.